The summed E-state index contributed by atoms with van der Waals surface area (Å²) < 4.78 is 6.29. The second kappa shape index (κ2) is 4.79. The van der Waals surface area contributed by atoms with E-state index in [-0.39, 0.29) is 0 Å². The minimum absolute atomic E-state index is 0.621. The van der Waals surface area contributed by atoms with Gasteiger partial charge in [-0.1, -0.05) is 0 Å². The Morgan fingerprint density at radius 2 is 2.24 bits per heavy atom. The molecule has 0 fully saturated rings. The van der Waals surface area contributed by atoms with Gasteiger partial charge >= 0.3 is 0 Å². The highest BCUT2D eigenvalue weighted by Crippen LogP contribution is 2.38. The van der Waals surface area contributed by atoms with Crippen molar-refractivity contribution in [3.63, 3.8) is 0 Å². The highest BCUT2D eigenvalue weighted by Gasteiger charge is 2.13. The number of anilines is 2. The van der Waals surface area contributed by atoms with Gasteiger partial charge in [-0.3, -0.25) is 4.98 Å². The molecule has 0 aliphatic heterocycles. The largest absolute Gasteiger partial charge is 0.496 e. The van der Waals surface area contributed by atoms with Gasteiger partial charge in [0, 0.05) is 11.0 Å². The van der Waals surface area contributed by atoms with Gasteiger partial charge in [-0.15, -0.1) is 0 Å². The molecular formula is C12H14BrN3O. The summed E-state index contributed by atoms with van der Waals surface area (Å²) in [6.45, 7) is 2.81. The minimum atomic E-state index is 0.621. The molecule has 0 aliphatic rings. The van der Waals surface area contributed by atoms with E-state index in [0.29, 0.717) is 5.69 Å². The highest BCUT2D eigenvalue weighted by atomic mass is 79.9. The van der Waals surface area contributed by atoms with Gasteiger partial charge in [0.1, 0.15) is 5.75 Å². The summed E-state index contributed by atoms with van der Waals surface area (Å²) in [5.41, 5.74) is 8.28. The molecule has 0 bridgehead atoms. The van der Waals surface area contributed by atoms with Crippen molar-refractivity contribution in [2.75, 3.05) is 24.7 Å². The number of benzene rings is 1. The molecule has 3 N–H and O–H groups in total. The monoisotopic (exact) mass is 295 g/mol. The molecule has 2 rings (SSSR count). The van der Waals surface area contributed by atoms with Crippen LogP contribution in [0.5, 0.6) is 5.75 Å². The first kappa shape index (κ1) is 12.0. The fourth-order valence-corrected chi connectivity index (χ4v) is 2.23. The zero-order chi connectivity index (χ0) is 12.4. The molecule has 0 radical (unpaired) electrons. The number of nitrogens with two attached hydrogens (primary N) is 1. The first-order valence-corrected chi connectivity index (χ1v) is 6.12. The van der Waals surface area contributed by atoms with Crippen LogP contribution in [0.25, 0.3) is 10.9 Å². The van der Waals surface area contributed by atoms with Gasteiger partial charge in [0.2, 0.25) is 0 Å². The molecule has 0 spiro atoms. The Kier molecular flexibility index (Phi) is 3.38. The SMILES string of the molecule is CCNc1c(N)cnc2c(Br)ccc(OC)c12. The highest BCUT2D eigenvalue weighted by molar-refractivity contribution is 9.10. The van der Waals surface area contributed by atoms with Crippen LogP contribution in [0.2, 0.25) is 0 Å². The summed E-state index contributed by atoms with van der Waals surface area (Å²) in [5, 5.41) is 4.16. The van der Waals surface area contributed by atoms with Crippen LogP contribution in [-0.4, -0.2) is 18.6 Å². The first-order valence-electron chi connectivity index (χ1n) is 5.33. The molecule has 1 aromatic heterocycles. The number of nitrogens with zero attached hydrogens (tertiary/aromatic N) is 1. The van der Waals surface area contributed by atoms with Crippen LogP contribution in [0.15, 0.2) is 22.8 Å². The molecule has 0 saturated heterocycles. The summed E-state index contributed by atoms with van der Waals surface area (Å²) in [6, 6.07) is 3.81. The molecule has 0 unspecified atom stereocenters. The van der Waals surface area contributed by atoms with Crippen molar-refractivity contribution in [2.45, 2.75) is 6.92 Å². The van der Waals surface area contributed by atoms with Gasteiger partial charge in [0.15, 0.2) is 0 Å². The van der Waals surface area contributed by atoms with Crippen LogP contribution in [0.1, 0.15) is 6.92 Å². The van der Waals surface area contributed by atoms with Gasteiger partial charge in [0.25, 0.3) is 0 Å². The van der Waals surface area contributed by atoms with E-state index < -0.39 is 0 Å². The van der Waals surface area contributed by atoms with Crippen LogP contribution in [0, 0.1) is 0 Å². The molecule has 90 valence electrons. The Bertz CT molecular complexity index is 557. The number of pyridine rings is 1. The first-order chi connectivity index (χ1) is 8.19. The standard InChI is InChI=1S/C12H14BrN3O/c1-3-15-12-8(14)6-16-11-7(13)4-5-9(17-2)10(11)12/h4-6H,3,14H2,1-2H3,(H,15,16). The van der Waals surface area contributed by atoms with Gasteiger partial charge in [-0.2, -0.15) is 0 Å². The van der Waals surface area contributed by atoms with Crippen molar-refractivity contribution in [1.29, 1.82) is 0 Å². The van der Waals surface area contributed by atoms with E-state index in [2.05, 4.69) is 26.2 Å². The molecule has 2 aromatic rings. The summed E-state index contributed by atoms with van der Waals surface area (Å²) in [4.78, 5) is 4.34. The lowest BCUT2D eigenvalue weighted by Gasteiger charge is -2.14. The zero-order valence-corrected chi connectivity index (χ0v) is 11.3. The second-order valence-corrected chi connectivity index (χ2v) is 4.45. The normalized spacial score (nSPS) is 10.5. The Hall–Kier alpha value is -1.49. The number of methoxy groups -OCH3 is 1. The number of rotatable bonds is 3. The number of fused-ring (bicyclic) bond motifs is 1. The Balaban J connectivity index is 2.84. The number of hydrogen-bond donors (Lipinski definition) is 2. The quantitative estimate of drug-likeness (QED) is 0.914. The maximum Gasteiger partial charge on any atom is 0.130 e. The number of hydrogen-bond acceptors (Lipinski definition) is 4. The van der Waals surface area contributed by atoms with E-state index in [9.17, 15) is 0 Å². The lowest BCUT2D eigenvalue weighted by molar-refractivity contribution is 0.420. The van der Waals surface area contributed by atoms with Crippen LogP contribution >= 0.6 is 15.9 Å². The van der Waals surface area contributed by atoms with E-state index in [1.807, 2.05) is 19.1 Å². The molecule has 4 nitrogen and oxygen atoms in total. The predicted molar refractivity (Wildman–Crippen MR) is 74.6 cm³/mol. The maximum absolute atomic E-state index is 5.95. The number of nitrogens with one attached hydrogen (secondary N) is 1. The summed E-state index contributed by atoms with van der Waals surface area (Å²) in [6.07, 6.45) is 1.66. The van der Waals surface area contributed by atoms with E-state index >= 15 is 0 Å². The van der Waals surface area contributed by atoms with Gasteiger partial charge < -0.3 is 15.8 Å². The molecule has 0 saturated carbocycles. The second-order valence-electron chi connectivity index (χ2n) is 3.59. The molecule has 0 aliphatic carbocycles. The van der Waals surface area contributed by atoms with Crippen molar-refractivity contribution in [1.82, 2.24) is 4.98 Å². The number of nitrogen functional groups attached to an aromatic ring is 1. The summed E-state index contributed by atoms with van der Waals surface area (Å²) in [7, 11) is 1.64. The summed E-state index contributed by atoms with van der Waals surface area (Å²) >= 11 is 3.48. The van der Waals surface area contributed by atoms with Crippen molar-refractivity contribution in [2.24, 2.45) is 0 Å². The molecule has 17 heavy (non-hydrogen) atoms. The van der Waals surface area contributed by atoms with E-state index in [1.165, 1.54) is 0 Å². The lowest BCUT2D eigenvalue weighted by Crippen LogP contribution is -2.03. The molecule has 5 heteroatoms. The van der Waals surface area contributed by atoms with Crippen molar-refractivity contribution in [3.8, 4) is 5.75 Å². The van der Waals surface area contributed by atoms with Crippen molar-refractivity contribution < 1.29 is 4.74 Å². The topological polar surface area (TPSA) is 60.2 Å². The van der Waals surface area contributed by atoms with Crippen LogP contribution in [0.3, 0.4) is 0 Å². The van der Waals surface area contributed by atoms with Gasteiger partial charge in [-0.05, 0) is 35.0 Å². The fraction of sp³-hybridized carbons (Fsp3) is 0.250. The number of aromatic nitrogens is 1. The smallest absolute Gasteiger partial charge is 0.130 e. The predicted octanol–water partition coefficient (Wildman–Crippen LogP) is 3.02. The van der Waals surface area contributed by atoms with Gasteiger partial charge in [-0.25, -0.2) is 0 Å². The van der Waals surface area contributed by atoms with E-state index in [4.69, 9.17) is 10.5 Å². The minimum Gasteiger partial charge on any atom is -0.496 e. The zero-order valence-electron chi connectivity index (χ0n) is 9.75. The number of ether oxygens (including phenoxy) is 1. The third kappa shape index (κ3) is 2.02. The van der Waals surface area contributed by atoms with Crippen molar-refractivity contribution in [3.05, 3.63) is 22.8 Å². The van der Waals surface area contributed by atoms with E-state index in [0.717, 1.165) is 33.4 Å². The maximum atomic E-state index is 5.95. The lowest BCUT2D eigenvalue weighted by atomic mass is 10.1. The van der Waals surface area contributed by atoms with E-state index in [1.54, 1.807) is 13.3 Å². The third-order valence-corrected chi connectivity index (χ3v) is 3.18. The van der Waals surface area contributed by atoms with Crippen molar-refractivity contribution >= 4 is 38.2 Å². The molecular weight excluding hydrogens is 282 g/mol. The van der Waals surface area contributed by atoms with Crippen LogP contribution in [0.4, 0.5) is 11.4 Å². The molecule has 0 atom stereocenters. The summed E-state index contributed by atoms with van der Waals surface area (Å²) in [5.74, 6) is 0.763. The average Bonchev–Trinajstić information content (AvgIpc) is 2.33. The Morgan fingerprint density at radius 3 is 2.88 bits per heavy atom. The van der Waals surface area contributed by atoms with Crippen LogP contribution in [-0.2, 0) is 0 Å². The van der Waals surface area contributed by atoms with Gasteiger partial charge in [0.05, 0.1) is 35.6 Å². The third-order valence-electron chi connectivity index (χ3n) is 2.54. The molecule has 1 heterocycles. The average molecular weight is 296 g/mol. The molecule has 1 aromatic carbocycles. The Labute approximate surface area is 108 Å². The van der Waals surface area contributed by atoms with Crippen LogP contribution < -0.4 is 15.8 Å². The fourth-order valence-electron chi connectivity index (χ4n) is 1.80. The number of halogens is 1. The Morgan fingerprint density at radius 1 is 1.47 bits per heavy atom. The molecule has 0 amide bonds.